The van der Waals surface area contributed by atoms with E-state index in [1.165, 1.54) is 6.92 Å². The Bertz CT molecular complexity index is 395. The first-order chi connectivity index (χ1) is 8.18. The molecule has 0 fully saturated rings. The van der Waals surface area contributed by atoms with E-state index in [-0.39, 0.29) is 13.2 Å². The van der Waals surface area contributed by atoms with E-state index in [2.05, 4.69) is 9.47 Å². The molecule has 0 N–H and O–H groups in total. The second-order valence-corrected chi connectivity index (χ2v) is 3.29. The standard InChI is InChI=1S/C13H14O4/c1-11(14)16-10-17-13(15)9-5-8-12-6-3-2-4-7-12/h2-8H,9-10H2,1H3/b8-5+. The van der Waals surface area contributed by atoms with Crippen molar-refractivity contribution in [2.24, 2.45) is 0 Å². The van der Waals surface area contributed by atoms with E-state index in [1.807, 2.05) is 36.4 Å². The number of carbonyl (C=O) groups excluding carboxylic acids is 2. The van der Waals surface area contributed by atoms with Crippen LogP contribution in [-0.4, -0.2) is 18.7 Å². The molecular formula is C13H14O4. The lowest BCUT2D eigenvalue weighted by molar-refractivity contribution is -0.164. The number of rotatable bonds is 5. The third kappa shape index (κ3) is 6.14. The van der Waals surface area contributed by atoms with Crippen LogP contribution in [0.2, 0.25) is 0 Å². The van der Waals surface area contributed by atoms with E-state index in [4.69, 9.17) is 0 Å². The number of benzene rings is 1. The highest BCUT2D eigenvalue weighted by Crippen LogP contribution is 2.02. The molecule has 17 heavy (non-hydrogen) atoms. The van der Waals surface area contributed by atoms with Crippen molar-refractivity contribution in [2.75, 3.05) is 6.79 Å². The lowest BCUT2D eigenvalue weighted by atomic mass is 10.2. The molecule has 0 atom stereocenters. The molecule has 0 aromatic heterocycles. The van der Waals surface area contributed by atoms with Crippen molar-refractivity contribution in [2.45, 2.75) is 13.3 Å². The molecule has 1 aromatic carbocycles. The molecule has 0 aliphatic heterocycles. The van der Waals surface area contributed by atoms with Crippen molar-refractivity contribution < 1.29 is 19.1 Å². The molecule has 90 valence electrons. The lowest BCUT2D eigenvalue weighted by Gasteiger charge is -2.02. The van der Waals surface area contributed by atoms with Gasteiger partial charge in [0, 0.05) is 6.92 Å². The molecule has 0 saturated carbocycles. The molecular weight excluding hydrogens is 220 g/mol. The molecule has 0 aliphatic carbocycles. The SMILES string of the molecule is CC(=O)OCOC(=O)C/C=C/c1ccccc1. The third-order valence-electron chi connectivity index (χ3n) is 1.88. The molecule has 4 heteroatoms. The summed E-state index contributed by atoms with van der Waals surface area (Å²) >= 11 is 0. The zero-order chi connectivity index (χ0) is 12.5. The first-order valence-corrected chi connectivity index (χ1v) is 5.19. The Balaban J connectivity index is 2.24. The summed E-state index contributed by atoms with van der Waals surface area (Å²) in [6.07, 6.45) is 3.68. The Labute approximate surface area is 99.8 Å². The quantitative estimate of drug-likeness (QED) is 0.578. The van der Waals surface area contributed by atoms with Gasteiger partial charge < -0.3 is 9.47 Å². The molecule has 4 nitrogen and oxygen atoms in total. The van der Waals surface area contributed by atoms with Crippen LogP contribution in [-0.2, 0) is 19.1 Å². The van der Waals surface area contributed by atoms with Gasteiger partial charge >= 0.3 is 11.9 Å². The Morgan fingerprint density at radius 3 is 2.53 bits per heavy atom. The molecule has 0 radical (unpaired) electrons. The van der Waals surface area contributed by atoms with Crippen LogP contribution >= 0.6 is 0 Å². The largest absolute Gasteiger partial charge is 0.428 e. The summed E-state index contributed by atoms with van der Waals surface area (Å²) in [6.45, 7) is 0.927. The van der Waals surface area contributed by atoms with E-state index in [9.17, 15) is 9.59 Å². The summed E-state index contributed by atoms with van der Waals surface area (Å²) in [5.41, 5.74) is 1.01. The van der Waals surface area contributed by atoms with Gasteiger partial charge in [-0.05, 0) is 5.56 Å². The maximum atomic E-state index is 11.1. The Morgan fingerprint density at radius 1 is 1.18 bits per heavy atom. The summed E-state index contributed by atoms with van der Waals surface area (Å²) in [6, 6.07) is 9.61. The van der Waals surface area contributed by atoms with Crippen LogP contribution in [0.25, 0.3) is 6.08 Å². The van der Waals surface area contributed by atoms with Gasteiger partial charge in [-0.2, -0.15) is 0 Å². The average Bonchev–Trinajstić information content (AvgIpc) is 2.30. The third-order valence-corrected chi connectivity index (χ3v) is 1.88. The summed E-state index contributed by atoms with van der Waals surface area (Å²) in [5, 5.41) is 0. The van der Waals surface area contributed by atoms with Crippen LogP contribution in [0.3, 0.4) is 0 Å². The highest BCUT2D eigenvalue weighted by Gasteiger charge is 2.00. The van der Waals surface area contributed by atoms with E-state index in [0.717, 1.165) is 5.56 Å². The normalized spacial score (nSPS) is 10.2. The second kappa shape index (κ2) is 7.22. The van der Waals surface area contributed by atoms with E-state index in [1.54, 1.807) is 6.08 Å². The predicted molar refractivity (Wildman–Crippen MR) is 62.8 cm³/mol. The van der Waals surface area contributed by atoms with Gasteiger partial charge in [0.2, 0.25) is 6.79 Å². The van der Waals surface area contributed by atoms with Crippen molar-refractivity contribution in [1.29, 1.82) is 0 Å². The van der Waals surface area contributed by atoms with Crippen LogP contribution in [0.15, 0.2) is 36.4 Å². The first-order valence-electron chi connectivity index (χ1n) is 5.19. The van der Waals surface area contributed by atoms with Gasteiger partial charge in [-0.25, -0.2) is 0 Å². The minimum absolute atomic E-state index is 0.149. The Kier molecular flexibility index (Phi) is 5.51. The van der Waals surface area contributed by atoms with Crippen molar-refractivity contribution in [3.8, 4) is 0 Å². The van der Waals surface area contributed by atoms with Gasteiger partial charge in [-0.3, -0.25) is 9.59 Å². The fraction of sp³-hybridized carbons (Fsp3) is 0.231. The highest BCUT2D eigenvalue weighted by molar-refractivity contribution is 5.73. The Hall–Kier alpha value is -2.10. The van der Waals surface area contributed by atoms with Gasteiger partial charge in [0.25, 0.3) is 0 Å². The topological polar surface area (TPSA) is 52.6 Å². The van der Waals surface area contributed by atoms with Crippen LogP contribution in [0.1, 0.15) is 18.9 Å². The van der Waals surface area contributed by atoms with Crippen molar-refractivity contribution in [1.82, 2.24) is 0 Å². The van der Waals surface area contributed by atoms with Gasteiger partial charge in [-0.1, -0.05) is 42.5 Å². The lowest BCUT2D eigenvalue weighted by Crippen LogP contribution is -2.09. The molecule has 0 spiro atoms. The van der Waals surface area contributed by atoms with Gasteiger partial charge in [0.05, 0.1) is 6.42 Å². The highest BCUT2D eigenvalue weighted by atomic mass is 16.7. The summed E-state index contributed by atoms with van der Waals surface area (Å²) in [4.78, 5) is 21.5. The van der Waals surface area contributed by atoms with Gasteiger partial charge in [-0.15, -0.1) is 0 Å². The zero-order valence-corrected chi connectivity index (χ0v) is 9.59. The van der Waals surface area contributed by atoms with Gasteiger partial charge in [0.15, 0.2) is 0 Å². The summed E-state index contributed by atoms with van der Waals surface area (Å²) in [5.74, 6) is -0.906. The minimum atomic E-state index is -0.474. The molecule has 1 rings (SSSR count). The van der Waals surface area contributed by atoms with Crippen molar-refractivity contribution in [3.63, 3.8) is 0 Å². The first kappa shape index (κ1) is 13.0. The molecule has 0 saturated heterocycles. The minimum Gasteiger partial charge on any atom is -0.428 e. The monoisotopic (exact) mass is 234 g/mol. The number of esters is 2. The maximum Gasteiger partial charge on any atom is 0.312 e. The van der Waals surface area contributed by atoms with Crippen LogP contribution in [0.4, 0.5) is 0 Å². The number of carbonyl (C=O) groups is 2. The van der Waals surface area contributed by atoms with Crippen molar-refractivity contribution >= 4 is 18.0 Å². The number of ether oxygens (including phenoxy) is 2. The predicted octanol–water partition coefficient (Wildman–Crippen LogP) is 2.15. The summed E-state index contributed by atoms with van der Waals surface area (Å²) < 4.78 is 9.13. The molecule has 0 unspecified atom stereocenters. The van der Waals surface area contributed by atoms with E-state index in [0.29, 0.717) is 0 Å². The Morgan fingerprint density at radius 2 is 1.88 bits per heavy atom. The molecule has 0 heterocycles. The molecule has 0 bridgehead atoms. The molecule has 1 aromatic rings. The fourth-order valence-electron chi connectivity index (χ4n) is 1.09. The smallest absolute Gasteiger partial charge is 0.312 e. The number of hydrogen-bond acceptors (Lipinski definition) is 4. The number of hydrogen-bond donors (Lipinski definition) is 0. The summed E-state index contributed by atoms with van der Waals surface area (Å²) in [7, 11) is 0. The molecule has 0 aliphatic rings. The van der Waals surface area contributed by atoms with Crippen LogP contribution in [0.5, 0.6) is 0 Å². The van der Waals surface area contributed by atoms with E-state index < -0.39 is 11.9 Å². The maximum absolute atomic E-state index is 11.1. The van der Waals surface area contributed by atoms with Crippen LogP contribution < -0.4 is 0 Å². The second-order valence-electron chi connectivity index (χ2n) is 3.29. The molecule has 0 amide bonds. The van der Waals surface area contributed by atoms with Crippen molar-refractivity contribution in [3.05, 3.63) is 42.0 Å². The average molecular weight is 234 g/mol. The fourth-order valence-corrected chi connectivity index (χ4v) is 1.09. The van der Waals surface area contributed by atoms with E-state index >= 15 is 0 Å². The zero-order valence-electron chi connectivity index (χ0n) is 9.59. The van der Waals surface area contributed by atoms with Gasteiger partial charge in [0.1, 0.15) is 0 Å². The van der Waals surface area contributed by atoms with Crippen LogP contribution in [0, 0.1) is 0 Å².